The molecule has 212 valence electrons. The molecule has 2 amide bonds. The number of hydrogen-bond acceptors (Lipinski definition) is 3. The molecule has 0 unspecified atom stereocenters. The number of carbonyl (C=O) groups excluding carboxylic acids is 2. The van der Waals surface area contributed by atoms with Crippen LogP contribution < -0.4 is 11.1 Å². The van der Waals surface area contributed by atoms with Gasteiger partial charge in [-0.15, -0.1) is 0 Å². The van der Waals surface area contributed by atoms with E-state index in [0.29, 0.717) is 6.42 Å². The first-order valence-corrected chi connectivity index (χ1v) is 15.3. The summed E-state index contributed by atoms with van der Waals surface area (Å²) in [5.41, 5.74) is 5.05. The number of nitrogens with two attached hydrogens (primary N) is 1. The van der Waals surface area contributed by atoms with Crippen LogP contribution in [0.5, 0.6) is 0 Å². The van der Waals surface area contributed by atoms with E-state index in [2.05, 4.69) is 12.2 Å². The zero-order chi connectivity index (χ0) is 26.7. The maximum Gasteiger partial charge on any atom is 0.326 e. The van der Waals surface area contributed by atoms with E-state index in [1.165, 1.54) is 122 Å². The zero-order valence-corrected chi connectivity index (χ0v) is 23.5. The van der Waals surface area contributed by atoms with Gasteiger partial charge >= 0.3 is 5.97 Å². The van der Waals surface area contributed by atoms with E-state index in [4.69, 9.17) is 10.8 Å². The number of carbonyl (C=O) groups is 3. The lowest BCUT2D eigenvalue weighted by Crippen LogP contribution is -2.41. The summed E-state index contributed by atoms with van der Waals surface area (Å²) >= 11 is 0. The highest BCUT2D eigenvalue weighted by Gasteiger charge is 2.20. The minimum absolute atomic E-state index is 0.0375. The number of primary amides is 1. The summed E-state index contributed by atoms with van der Waals surface area (Å²) in [6, 6.07) is -1.04. The molecule has 36 heavy (non-hydrogen) atoms. The number of rotatable bonds is 28. The molecule has 0 bridgehead atoms. The standard InChI is InChI=1S/C30H58N2O4/c1-2-3-4-5-6-7-8-9-10-11-12-13-14-15-16-17-18-19-20-21-22-23-24-29(34)32-27(30(35)36)25-26-28(31)33/h27H,2-26H2,1H3,(H2,31,33)(H,32,34)(H,35,36)/t27-/m0/s1. The molecule has 0 heterocycles. The van der Waals surface area contributed by atoms with Crippen molar-refractivity contribution in [1.29, 1.82) is 0 Å². The molecule has 0 spiro atoms. The van der Waals surface area contributed by atoms with E-state index in [9.17, 15) is 14.4 Å². The molecule has 6 heteroatoms. The van der Waals surface area contributed by atoms with E-state index in [0.717, 1.165) is 19.3 Å². The summed E-state index contributed by atoms with van der Waals surface area (Å²) in [6.45, 7) is 2.28. The lowest BCUT2D eigenvalue weighted by molar-refractivity contribution is -0.142. The maximum atomic E-state index is 11.9. The van der Waals surface area contributed by atoms with Crippen molar-refractivity contribution >= 4 is 17.8 Å². The smallest absolute Gasteiger partial charge is 0.326 e. The fourth-order valence-corrected chi connectivity index (χ4v) is 4.70. The molecular weight excluding hydrogens is 452 g/mol. The molecule has 0 aliphatic rings. The van der Waals surface area contributed by atoms with Crippen molar-refractivity contribution in [3.8, 4) is 0 Å². The number of aliphatic carboxylic acids is 1. The number of amides is 2. The third kappa shape index (κ3) is 25.5. The van der Waals surface area contributed by atoms with Crippen molar-refractivity contribution < 1.29 is 19.5 Å². The fraction of sp³-hybridized carbons (Fsp3) is 0.900. The van der Waals surface area contributed by atoms with Crippen LogP contribution in [0.4, 0.5) is 0 Å². The second-order valence-electron chi connectivity index (χ2n) is 10.6. The lowest BCUT2D eigenvalue weighted by Gasteiger charge is -2.13. The Morgan fingerprint density at radius 2 is 0.917 bits per heavy atom. The van der Waals surface area contributed by atoms with Gasteiger partial charge in [0.1, 0.15) is 6.04 Å². The van der Waals surface area contributed by atoms with Crippen molar-refractivity contribution in [2.24, 2.45) is 5.73 Å². The first-order chi connectivity index (χ1) is 17.5. The van der Waals surface area contributed by atoms with Crippen LogP contribution in [-0.2, 0) is 14.4 Å². The van der Waals surface area contributed by atoms with E-state index >= 15 is 0 Å². The first-order valence-electron chi connectivity index (χ1n) is 15.3. The van der Waals surface area contributed by atoms with E-state index < -0.39 is 17.9 Å². The Morgan fingerprint density at radius 3 is 1.22 bits per heavy atom. The zero-order valence-electron chi connectivity index (χ0n) is 23.5. The van der Waals surface area contributed by atoms with Gasteiger partial charge in [-0.2, -0.15) is 0 Å². The molecule has 6 nitrogen and oxygen atoms in total. The van der Waals surface area contributed by atoms with Gasteiger partial charge in [0.25, 0.3) is 0 Å². The van der Waals surface area contributed by atoms with Gasteiger partial charge in [0.15, 0.2) is 0 Å². The first kappa shape index (κ1) is 34.4. The Bertz CT molecular complexity index is 539. The molecule has 0 aliphatic heterocycles. The average molecular weight is 511 g/mol. The molecule has 4 N–H and O–H groups in total. The van der Waals surface area contributed by atoms with Crippen LogP contribution in [0.2, 0.25) is 0 Å². The quantitative estimate of drug-likeness (QED) is 0.0932. The summed E-state index contributed by atoms with van der Waals surface area (Å²) in [5.74, 6) is -1.95. The van der Waals surface area contributed by atoms with Crippen molar-refractivity contribution in [3.05, 3.63) is 0 Å². The number of hydrogen-bond donors (Lipinski definition) is 3. The van der Waals surface area contributed by atoms with E-state index in [1.807, 2.05) is 0 Å². The average Bonchev–Trinajstić information content (AvgIpc) is 2.84. The molecule has 0 saturated heterocycles. The molecule has 0 rings (SSSR count). The normalized spacial score (nSPS) is 11.9. The second kappa shape index (κ2) is 26.5. The third-order valence-electron chi connectivity index (χ3n) is 7.07. The predicted molar refractivity (Wildman–Crippen MR) is 150 cm³/mol. The van der Waals surface area contributed by atoms with Crippen molar-refractivity contribution in [3.63, 3.8) is 0 Å². The van der Waals surface area contributed by atoms with Gasteiger partial charge in [0.05, 0.1) is 0 Å². The highest BCUT2D eigenvalue weighted by molar-refractivity contribution is 5.84. The largest absolute Gasteiger partial charge is 0.480 e. The summed E-state index contributed by atoms with van der Waals surface area (Å²) in [7, 11) is 0. The fourth-order valence-electron chi connectivity index (χ4n) is 4.70. The Balaban J connectivity index is 3.32. The van der Waals surface area contributed by atoms with Crippen molar-refractivity contribution in [2.75, 3.05) is 0 Å². The van der Waals surface area contributed by atoms with Crippen molar-refractivity contribution in [1.82, 2.24) is 5.32 Å². The number of carboxylic acid groups (broad SMARTS) is 1. The summed E-state index contributed by atoms with van der Waals surface area (Å²) in [5, 5.41) is 11.6. The Labute approximate surface area is 221 Å². The summed E-state index contributed by atoms with van der Waals surface area (Å²) in [4.78, 5) is 33.9. The van der Waals surface area contributed by atoms with E-state index in [-0.39, 0.29) is 18.7 Å². The number of carboxylic acids is 1. The van der Waals surface area contributed by atoms with Crippen molar-refractivity contribution in [2.45, 2.75) is 173 Å². The van der Waals surface area contributed by atoms with Crippen LogP contribution in [0.15, 0.2) is 0 Å². The minimum atomic E-state index is -1.13. The predicted octanol–water partition coefficient (Wildman–Crippen LogP) is 7.81. The monoisotopic (exact) mass is 510 g/mol. The second-order valence-corrected chi connectivity index (χ2v) is 10.6. The Hall–Kier alpha value is -1.59. The van der Waals surface area contributed by atoms with Crippen LogP contribution in [0, 0.1) is 0 Å². The SMILES string of the molecule is CCCCCCCCCCCCCCCCCCCCCCCCC(=O)N[C@@H](CCC(N)=O)C(=O)O. The molecule has 0 saturated carbocycles. The van der Waals surface area contributed by atoms with Gasteiger partial charge in [0.2, 0.25) is 11.8 Å². The van der Waals surface area contributed by atoms with Gasteiger partial charge in [-0.25, -0.2) is 4.79 Å². The van der Waals surface area contributed by atoms with Crippen LogP contribution >= 0.6 is 0 Å². The molecular formula is C30H58N2O4. The van der Waals surface area contributed by atoms with Crippen LogP contribution in [0.25, 0.3) is 0 Å². The van der Waals surface area contributed by atoms with Gasteiger partial charge in [-0.3, -0.25) is 9.59 Å². The number of unbranched alkanes of at least 4 members (excludes halogenated alkanes) is 21. The summed E-state index contributed by atoms with van der Waals surface area (Å²) < 4.78 is 0. The molecule has 0 radical (unpaired) electrons. The minimum Gasteiger partial charge on any atom is -0.480 e. The molecule has 0 aromatic carbocycles. The Kier molecular flexibility index (Phi) is 25.3. The number of nitrogens with one attached hydrogen (secondary N) is 1. The third-order valence-corrected chi connectivity index (χ3v) is 7.07. The summed E-state index contributed by atoms with van der Waals surface area (Å²) in [6.07, 6.45) is 29.5. The highest BCUT2D eigenvalue weighted by atomic mass is 16.4. The van der Waals surface area contributed by atoms with E-state index in [1.54, 1.807) is 0 Å². The highest BCUT2D eigenvalue weighted by Crippen LogP contribution is 2.15. The van der Waals surface area contributed by atoms with Gasteiger partial charge < -0.3 is 16.2 Å². The maximum absolute atomic E-state index is 11.9. The van der Waals surface area contributed by atoms with Gasteiger partial charge in [0, 0.05) is 12.8 Å². The molecule has 0 aromatic rings. The van der Waals surface area contributed by atoms with Crippen LogP contribution in [0.3, 0.4) is 0 Å². The van der Waals surface area contributed by atoms with Gasteiger partial charge in [-0.1, -0.05) is 142 Å². The Morgan fingerprint density at radius 1 is 0.583 bits per heavy atom. The molecule has 0 aromatic heterocycles. The lowest BCUT2D eigenvalue weighted by atomic mass is 10.0. The van der Waals surface area contributed by atoms with Crippen LogP contribution in [-0.4, -0.2) is 28.9 Å². The van der Waals surface area contributed by atoms with Crippen LogP contribution in [0.1, 0.15) is 167 Å². The van der Waals surface area contributed by atoms with Gasteiger partial charge in [-0.05, 0) is 12.8 Å². The molecule has 0 aliphatic carbocycles. The molecule has 1 atom stereocenters. The molecule has 0 fully saturated rings. The topological polar surface area (TPSA) is 109 Å².